The second-order valence-corrected chi connectivity index (χ2v) is 9.20. The summed E-state index contributed by atoms with van der Waals surface area (Å²) in [6.07, 6.45) is -2.42. The lowest BCUT2D eigenvalue weighted by Gasteiger charge is -2.26. The van der Waals surface area contributed by atoms with E-state index in [1.165, 1.54) is 13.0 Å². The predicted octanol–water partition coefficient (Wildman–Crippen LogP) is 3.60. The van der Waals surface area contributed by atoms with Crippen molar-refractivity contribution >= 4 is 11.8 Å². The molecule has 0 bridgehead atoms. The zero-order valence-electron chi connectivity index (χ0n) is 17.8. The van der Waals surface area contributed by atoms with Crippen LogP contribution in [-0.4, -0.2) is 51.4 Å². The number of halogens is 3. The summed E-state index contributed by atoms with van der Waals surface area (Å²) in [4.78, 5) is 28.5. The molecule has 9 heteroatoms. The Kier molecular flexibility index (Phi) is 5.02. The number of likely N-dealkylation sites (tertiary alicyclic amines) is 1. The Morgan fingerprint density at radius 3 is 2.44 bits per heavy atom. The molecule has 0 radical (unpaired) electrons. The molecule has 32 heavy (non-hydrogen) atoms. The van der Waals surface area contributed by atoms with Gasteiger partial charge in [-0.15, -0.1) is 0 Å². The summed E-state index contributed by atoms with van der Waals surface area (Å²) in [7, 11) is 0. The lowest BCUT2D eigenvalue weighted by atomic mass is 9.91. The Hall–Kier alpha value is -2.84. The Morgan fingerprint density at radius 2 is 1.78 bits per heavy atom. The van der Waals surface area contributed by atoms with E-state index in [-0.39, 0.29) is 29.6 Å². The molecule has 3 atom stereocenters. The predicted molar refractivity (Wildman–Crippen MR) is 110 cm³/mol. The summed E-state index contributed by atoms with van der Waals surface area (Å²) in [6.45, 7) is 3.56. The van der Waals surface area contributed by atoms with Gasteiger partial charge < -0.3 is 9.80 Å². The highest BCUT2D eigenvalue weighted by Crippen LogP contribution is 2.49. The second-order valence-electron chi connectivity index (χ2n) is 9.20. The highest BCUT2D eigenvalue weighted by atomic mass is 19.4. The molecule has 3 heterocycles. The Labute approximate surface area is 183 Å². The molecule has 1 unspecified atom stereocenters. The van der Waals surface area contributed by atoms with Crippen molar-refractivity contribution in [2.24, 2.45) is 11.8 Å². The van der Waals surface area contributed by atoms with Crippen LogP contribution in [0.3, 0.4) is 0 Å². The van der Waals surface area contributed by atoms with Gasteiger partial charge in [0.05, 0.1) is 5.56 Å². The number of aromatic nitrogens is 2. The third kappa shape index (κ3) is 3.57. The van der Waals surface area contributed by atoms with Crippen LogP contribution in [0.1, 0.15) is 58.6 Å². The minimum absolute atomic E-state index is 0.0314. The maximum atomic E-state index is 13.4. The van der Waals surface area contributed by atoms with Gasteiger partial charge in [-0.3, -0.25) is 14.7 Å². The molecule has 1 aliphatic carbocycles. The maximum absolute atomic E-state index is 13.4. The number of amides is 2. The van der Waals surface area contributed by atoms with E-state index in [9.17, 15) is 22.8 Å². The van der Waals surface area contributed by atoms with Crippen LogP contribution in [-0.2, 0) is 23.9 Å². The molecule has 1 saturated carbocycles. The zero-order chi connectivity index (χ0) is 22.6. The normalized spacial score (nSPS) is 25.1. The number of fused-ring (bicyclic) bond motifs is 2. The van der Waals surface area contributed by atoms with E-state index < -0.39 is 11.7 Å². The molecule has 3 aliphatic rings. The second kappa shape index (κ2) is 7.64. The number of alkyl halides is 3. The fourth-order valence-electron chi connectivity index (χ4n) is 5.72. The highest BCUT2D eigenvalue weighted by molar-refractivity contribution is 5.94. The molecule has 1 N–H and O–H groups in total. The lowest BCUT2D eigenvalue weighted by Crippen LogP contribution is -2.36. The van der Waals surface area contributed by atoms with Crippen molar-refractivity contribution in [3.8, 4) is 0 Å². The van der Waals surface area contributed by atoms with E-state index in [0.717, 1.165) is 17.3 Å². The number of nitrogens with zero attached hydrogens (tertiary/aromatic N) is 3. The summed E-state index contributed by atoms with van der Waals surface area (Å²) < 4.78 is 40.3. The molecule has 1 aromatic heterocycles. The van der Waals surface area contributed by atoms with Gasteiger partial charge in [-0.05, 0) is 42.2 Å². The third-order valence-corrected chi connectivity index (χ3v) is 7.33. The van der Waals surface area contributed by atoms with Crippen molar-refractivity contribution in [2.45, 2.75) is 44.8 Å². The van der Waals surface area contributed by atoms with Crippen molar-refractivity contribution in [1.29, 1.82) is 0 Å². The average Bonchev–Trinajstić information content (AvgIpc) is 3.45. The van der Waals surface area contributed by atoms with Gasteiger partial charge in [-0.1, -0.05) is 18.2 Å². The van der Waals surface area contributed by atoms with Crippen LogP contribution in [0.5, 0.6) is 0 Å². The van der Waals surface area contributed by atoms with E-state index in [1.807, 2.05) is 0 Å². The molecule has 170 valence electrons. The SMILES string of the molecule is CC(=O)N1CCc2[nH]nc(C(=O)N3CC4C[C@@H](c5ccccc5C(F)(F)F)C[C@H]4C3)c2C1. The van der Waals surface area contributed by atoms with Gasteiger partial charge in [0.15, 0.2) is 5.69 Å². The number of nitrogens with one attached hydrogen (secondary N) is 1. The van der Waals surface area contributed by atoms with Crippen LogP contribution in [0.15, 0.2) is 24.3 Å². The van der Waals surface area contributed by atoms with Crippen LogP contribution in [0, 0.1) is 11.8 Å². The molecule has 6 nitrogen and oxygen atoms in total. The van der Waals surface area contributed by atoms with Crippen LogP contribution < -0.4 is 0 Å². The molecule has 1 saturated heterocycles. The van der Waals surface area contributed by atoms with Gasteiger partial charge in [0.25, 0.3) is 5.91 Å². The van der Waals surface area contributed by atoms with Crippen molar-refractivity contribution in [1.82, 2.24) is 20.0 Å². The summed E-state index contributed by atoms with van der Waals surface area (Å²) >= 11 is 0. The number of H-pyrrole nitrogens is 1. The molecular weight excluding hydrogens is 421 g/mol. The first kappa shape index (κ1) is 21.0. The maximum Gasteiger partial charge on any atom is 0.416 e. The zero-order valence-corrected chi connectivity index (χ0v) is 17.8. The van der Waals surface area contributed by atoms with Crippen molar-refractivity contribution in [3.05, 3.63) is 52.3 Å². The minimum atomic E-state index is -4.36. The van der Waals surface area contributed by atoms with E-state index in [1.54, 1.807) is 21.9 Å². The van der Waals surface area contributed by atoms with Crippen molar-refractivity contribution in [3.63, 3.8) is 0 Å². The first-order valence-electron chi connectivity index (χ1n) is 11.0. The Balaban J connectivity index is 1.29. The summed E-state index contributed by atoms with van der Waals surface area (Å²) in [5, 5.41) is 7.20. The molecule has 2 aliphatic heterocycles. The van der Waals surface area contributed by atoms with E-state index in [2.05, 4.69) is 10.2 Å². The quantitative estimate of drug-likeness (QED) is 0.767. The van der Waals surface area contributed by atoms with Crippen LogP contribution in [0.25, 0.3) is 0 Å². The largest absolute Gasteiger partial charge is 0.416 e. The Morgan fingerprint density at radius 1 is 1.09 bits per heavy atom. The summed E-state index contributed by atoms with van der Waals surface area (Å²) in [5.41, 5.74) is 1.87. The number of rotatable bonds is 2. The van der Waals surface area contributed by atoms with Gasteiger partial charge in [0, 0.05) is 50.8 Å². The molecule has 2 aromatic rings. The highest BCUT2D eigenvalue weighted by Gasteiger charge is 2.45. The van der Waals surface area contributed by atoms with Crippen LogP contribution >= 0.6 is 0 Å². The number of carbonyl (C=O) groups is 2. The van der Waals surface area contributed by atoms with Crippen molar-refractivity contribution in [2.75, 3.05) is 19.6 Å². The van der Waals surface area contributed by atoms with Crippen molar-refractivity contribution < 1.29 is 22.8 Å². The Bertz CT molecular complexity index is 1050. The lowest BCUT2D eigenvalue weighted by molar-refractivity contribution is -0.138. The average molecular weight is 446 g/mol. The minimum Gasteiger partial charge on any atom is -0.338 e. The van der Waals surface area contributed by atoms with E-state index >= 15 is 0 Å². The van der Waals surface area contributed by atoms with E-state index in [0.29, 0.717) is 56.7 Å². The third-order valence-electron chi connectivity index (χ3n) is 7.33. The van der Waals surface area contributed by atoms with Gasteiger partial charge in [0.2, 0.25) is 5.91 Å². The molecule has 2 fully saturated rings. The van der Waals surface area contributed by atoms with Crippen LogP contribution in [0.2, 0.25) is 0 Å². The first-order chi connectivity index (χ1) is 15.2. The number of carbonyl (C=O) groups excluding carboxylic acids is 2. The smallest absolute Gasteiger partial charge is 0.338 e. The van der Waals surface area contributed by atoms with Gasteiger partial charge >= 0.3 is 6.18 Å². The number of aromatic amines is 1. The van der Waals surface area contributed by atoms with Gasteiger partial charge in [0.1, 0.15) is 0 Å². The summed E-state index contributed by atoms with van der Waals surface area (Å²) in [6, 6.07) is 5.85. The molecule has 1 aromatic carbocycles. The molecule has 0 spiro atoms. The van der Waals surface area contributed by atoms with Crippen LogP contribution in [0.4, 0.5) is 13.2 Å². The molecule has 2 amide bonds. The molecule has 5 rings (SSSR count). The monoisotopic (exact) mass is 446 g/mol. The fraction of sp³-hybridized carbons (Fsp3) is 0.522. The topological polar surface area (TPSA) is 69.3 Å². The standard InChI is InChI=1S/C23H25F3N4O2/c1-13(31)29-7-6-20-18(12-29)21(28-27-20)22(32)30-10-15-8-14(9-16(15)11-30)17-4-2-3-5-19(17)23(24,25)26/h2-5,14-16H,6-12H2,1H3,(H,27,28)/t14-,15-,16?/m0/s1. The summed E-state index contributed by atoms with van der Waals surface area (Å²) in [5.74, 6) is 0.0514. The van der Waals surface area contributed by atoms with Gasteiger partial charge in [-0.25, -0.2) is 0 Å². The fourth-order valence-corrected chi connectivity index (χ4v) is 5.72. The first-order valence-corrected chi connectivity index (χ1v) is 11.0. The van der Waals surface area contributed by atoms with E-state index in [4.69, 9.17) is 0 Å². The number of hydrogen-bond donors (Lipinski definition) is 1. The molecular formula is C23H25F3N4O2. The van der Waals surface area contributed by atoms with Gasteiger partial charge in [-0.2, -0.15) is 18.3 Å². The number of hydrogen-bond acceptors (Lipinski definition) is 3. The number of benzene rings is 1.